The van der Waals surface area contributed by atoms with E-state index >= 15 is 0 Å². The molecule has 0 amide bonds. The molecular weight excluding hydrogens is 254 g/mol. The van der Waals surface area contributed by atoms with E-state index in [1.54, 1.807) is 6.92 Å². The van der Waals surface area contributed by atoms with Crippen molar-refractivity contribution in [3.63, 3.8) is 0 Å². The zero-order valence-corrected chi connectivity index (χ0v) is 10.7. The lowest BCUT2D eigenvalue weighted by Crippen LogP contribution is -2.44. The normalized spacial score (nSPS) is 24.1. The quantitative estimate of drug-likeness (QED) is 0.673. The molecule has 0 radical (unpaired) electrons. The van der Waals surface area contributed by atoms with E-state index in [-0.39, 0.29) is 31.0 Å². The van der Waals surface area contributed by atoms with Gasteiger partial charge in [0.15, 0.2) is 0 Å². The Bertz CT molecular complexity index is 413. The highest BCUT2D eigenvalue weighted by atomic mass is 32.2. The van der Waals surface area contributed by atoms with Crippen molar-refractivity contribution in [3.05, 3.63) is 0 Å². The molecule has 6 nitrogen and oxygen atoms in total. The summed E-state index contributed by atoms with van der Waals surface area (Å²) in [6, 6.07) is -0.538. The van der Waals surface area contributed by atoms with Gasteiger partial charge in [-0.3, -0.25) is 0 Å². The van der Waals surface area contributed by atoms with E-state index < -0.39 is 31.2 Å². The van der Waals surface area contributed by atoms with Gasteiger partial charge in [0.1, 0.15) is 9.84 Å². The molecule has 0 aromatic heterocycles. The molecule has 96 valence electrons. The molecule has 1 heterocycles. The van der Waals surface area contributed by atoms with Crippen LogP contribution in [-0.2, 0) is 19.9 Å². The predicted octanol–water partition coefficient (Wildman–Crippen LogP) is -1.14. The van der Waals surface area contributed by atoms with Crippen molar-refractivity contribution < 1.29 is 21.9 Å². The molecule has 1 fully saturated rings. The van der Waals surface area contributed by atoms with Crippen LogP contribution in [0.2, 0.25) is 0 Å². The third kappa shape index (κ3) is 3.69. The highest BCUT2D eigenvalue weighted by Gasteiger charge is 2.33. The maximum absolute atomic E-state index is 11.7. The van der Waals surface area contributed by atoms with Crippen molar-refractivity contribution in [3.8, 4) is 0 Å². The van der Waals surface area contributed by atoms with Gasteiger partial charge in [-0.2, -0.15) is 0 Å². The predicted molar refractivity (Wildman–Crippen MR) is 60.3 cm³/mol. The highest BCUT2D eigenvalue weighted by Crippen LogP contribution is 2.18. The zero-order chi connectivity index (χ0) is 12.4. The molecule has 0 spiro atoms. The molecule has 0 saturated carbocycles. The summed E-state index contributed by atoms with van der Waals surface area (Å²) in [6.07, 6.45) is 0.269. The summed E-state index contributed by atoms with van der Waals surface area (Å²) in [5.41, 5.74) is 0. The van der Waals surface area contributed by atoms with E-state index in [0.717, 1.165) is 0 Å². The fraction of sp³-hybridized carbons (Fsp3) is 1.00. The summed E-state index contributed by atoms with van der Waals surface area (Å²) >= 11 is 0. The monoisotopic (exact) mass is 271 g/mol. The number of nitrogens with one attached hydrogen (secondary N) is 1. The number of hydrogen-bond acceptors (Lipinski definition) is 5. The van der Waals surface area contributed by atoms with Crippen LogP contribution in [0.5, 0.6) is 0 Å². The van der Waals surface area contributed by atoms with Gasteiger partial charge in [0.2, 0.25) is 10.0 Å². The first-order valence-electron chi connectivity index (χ1n) is 5.09. The molecular formula is C8H17NO5S2. The van der Waals surface area contributed by atoms with Crippen molar-refractivity contribution in [1.82, 2.24) is 4.72 Å². The van der Waals surface area contributed by atoms with Gasteiger partial charge in [-0.05, 0) is 19.8 Å². The summed E-state index contributed by atoms with van der Waals surface area (Å²) in [5.74, 6) is -0.155. The van der Waals surface area contributed by atoms with E-state index in [9.17, 15) is 16.8 Å². The zero-order valence-electron chi connectivity index (χ0n) is 9.09. The van der Waals surface area contributed by atoms with Gasteiger partial charge >= 0.3 is 0 Å². The minimum atomic E-state index is -3.52. The molecule has 0 aromatic rings. The van der Waals surface area contributed by atoms with E-state index in [0.29, 0.717) is 0 Å². The molecule has 1 aliphatic rings. The number of rotatable bonds is 4. The molecule has 1 rings (SSSR count). The fourth-order valence-corrected chi connectivity index (χ4v) is 5.07. The van der Waals surface area contributed by atoms with Crippen molar-refractivity contribution in [2.45, 2.75) is 31.1 Å². The Labute approximate surface area is 96.0 Å². The van der Waals surface area contributed by atoms with Gasteiger partial charge in [0, 0.05) is 6.04 Å². The third-order valence-corrected chi connectivity index (χ3v) is 6.38. The van der Waals surface area contributed by atoms with Crippen molar-refractivity contribution >= 4 is 19.9 Å². The van der Waals surface area contributed by atoms with Crippen LogP contribution in [-0.4, -0.2) is 51.3 Å². The molecule has 1 atom stereocenters. The number of sulfonamides is 1. The largest absolute Gasteiger partial charge is 0.395 e. The first kappa shape index (κ1) is 13.9. The van der Waals surface area contributed by atoms with E-state index in [1.807, 2.05) is 0 Å². The molecule has 2 N–H and O–H groups in total. The first-order chi connectivity index (χ1) is 7.27. The maximum Gasteiger partial charge on any atom is 0.214 e. The van der Waals surface area contributed by atoms with Crippen LogP contribution < -0.4 is 4.72 Å². The fourth-order valence-electron chi connectivity index (χ4n) is 1.59. The topological polar surface area (TPSA) is 101 Å². The highest BCUT2D eigenvalue weighted by molar-refractivity contribution is 7.92. The Morgan fingerprint density at radius 3 is 2.31 bits per heavy atom. The Kier molecular flexibility index (Phi) is 4.33. The third-order valence-electron chi connectivity index (χ3n) is 2.58. The summed E-state index contributed by atoms with van der Waals surface area (Å²) in [5, 5.41) is 8.09. The van der Waals surface area contributed by atoms with Crippen LogP contribution >= 0.6 is 0 Å². The summed E-state index contributed by atoms with van der Waals surface area (Å²) in [4.78, 5) is 0. The lowest BCUT2D eigenvalue weighted by molar-refractivity contribution is 0.265. The van der Waals surface area contributed by atoms with Crippen LogP contribution in [0.15, 0.2) is 0 Å². The number of aliphatic hydroxyl groups excluding tert-OH is 1. The van der Waals surface area contributed by atoms with Crippen molar-refractivity contribution in [2.24, 2.45) is 0 Å². The Morgan fingerprint density at radius 2 is 1.88 bits per heavy atom. The van der Waals surface area contributed by atoms with Gasteiger partial charge in [0.25, 0.3) is 0 Å². The van der Waals surface area contributed by atoms with Gasteiger partial charge in [-0.1, -0.05) is 0 Å². The molecule has 0 aliphatic carbocycles. The van der Waals surface area contributed by atoms with Crippen LogP contribution in [0.3, 0.4) is 0 Å². The number of aliphatic hydroxyl groups is 1. The minimum Gasteiger partial charge on any atom is -0.395 e. The second-order valence-electron chi connectivity index (χ2n) is 4.10. The van der Waals surface area contributed by atoms with Gasteiger partial charge < -0.3 is 5.11 Å². The first-order valence-corrected chi connectivity index (χ1v) is 8.46. The van der Waals surface area contributed by atoms with Crippen LogP contribution in [0, 0.1) is 0 Å². The van der Waals surface area contributed by atoms with E-state index in [1.165, 1.54) is 0 Å². The molecule has 0 bridgehead atoms. The smallest absolute Gasteiger partial charge is 0.214 e. The van der Waals surface area contributed by atoms with E-state index in [2.05, 4.69) is 4.72 Å². The average Bonchev–Trinajstić information content (AvgIpc) is 2.16. The number of hydrogen-bond donors (Lipinski definition) is 2. The second kappa shape index (κ2) is 4.99. The average molecular weight is 271 g/mol. The standard InChI is InChI=1S/C8H17NO5S2/c1-7(6-10)9-16(13,14)8-2-4-15(11,12)5-3-8/h7-10H,2-6H2,1H3/t7-/m1/s1. The van der Waals surface area contributed by atoms with E-state index in [4.69, 9.17) is 5.11 Å². The molecule has 8 heteroatoms. The Balaban J connectivity index is 2.65. The number of sulfone groups is 1. The molecule has 0 unspecified atom stereocenters. The summed E-state index contributed by atoms with van der Waals surface area (Å²) in [7, 11) is -6.57. The SMILES string of the molecule is C[C@H](CO)NS(=O)(=O)C1CCS(=O)(=O)CC1. The van der Waals surface area contributed by atoms with Crippen molar-refractivity contribution in [2.75, 3.05) is 18.1 Å². The lowest BCUT2D eigenvalue weighted by atomic mass is 10.2. The van der Waals surface area contributed by atoms with Crippen LogP contribution in [0.25, 0.3) is 0 Å². The van der Waals surface area contributed by atoms with Crippen molar-refractivity contribution in [1.29, 1.82) is 0 Å². The Hall–Kier alpha value is -0.180. The second-order valence-corrected chi connectivity index (χ2v) is 8.39. The summed E-state index contributed by atoms with van der Waals surface area (Å²) in [6.45, 7) is 1.28. The molecule has 1 saturated heterocycles. The van der Waals surface area contributed by atoms with Crippen LogP contribution in [0.1, 0.15) is 19.8 Å². The van der Waals surface area contributed by atoms with Crippen LogP contribution in [0.4, 0.5) is 0 Å². The van der Waals surface area contributed by atoms with Gasteiger partial charge in [0.05, 0.1) is 23.4 Å². The molecule has 1 aliphatic heterocycles. The Morgan fingerprint density at radius 1 is 1.38 bits per heavy atom. The molecule has 16 heavy (non-hydrogen) atoms. The maximum atomic E-state index is 11.7. The lowest BCUT2D eigenvalue weighted by Gasteiger charge is -2.23. The molecule has 0 aromatic carbocycles. The van der Waals surface area contributed by atoms with Gasteiger partial charge in [-0.15, -0.1) is 0 Å². The van der Waals surface area contributed by atoms with Gasteiger partial charge in [-0.25, -0.2) is 21.6 Å². The summed E-state index contributed by atoms with van der Waals surface area (Å²) < 4.78 is 48.1. The minimum absolute atomic E-state index is 0.0773.